The third-order valence-electron chi connectivity index (χ3n) is 1.50. The average molecular weight is 225 g/mol. The van der Waals surface area contributed by atoms with E-state index in [9.17, 15) is 4.57 Å². The molecule has 0 spiro atoms. The van der Waals surface area contributed by atoms with Gasteiger partial charge in [0.05, 0.1) is 19.3 Å². The Hall–Kier alpha value is 0.0700. The van der Waals surface area contributed by atoms with Crippen LogP contribution in [0.1, 0.15) is 20.8 Å². The average Bonchev–Trinajstić information content (AvgIpc) is 2.15. The van der Waals surface area contributed by atoms with Crippen molar-refractivity contribution in [2.75, 3.05) is 26.1 Å². The first-order valence-electron chi connectivity index (χ1n) is 4.77. The molecule has 0 bridgehead atoms. The molecule has 0 aromatic heterocycles. The summed E-state index contributed by atoms with van der Waals surface area (Å²) in [6, 6.07) is 0. The van der Waals surface area contributed by atoms with Crippen LogP contribution in [0.3, 0.4) is 0 Å². The monoisotopic (exact) mass is 225 g/mol. The molecule has 0 fully saturated rings. The minimum atomic E-state index is -3.06. The van der Waals surface area contributed by atoms with E-state index < -0.39 is 7.60 Å². The van der Waals surface area contributed by atoms with Crippen LogP contribution in [0.5, 0.6) is 0 Å². The molecule has 86 valence electrons. The Kier molecular flexibility index (Phi) is 7.41. The molecule has 0 amide bonds. The maximum Gasteiger partial charge on any atom is 0.356 e. The quantitative estimate of drug-likeness (QED) is 0.635. The van der Waals surface area contributed by atoms with Gasteiger partial charge in [0.1, 0.15) is 6.35 Å². The summed E-state index contributed by atoms with van der Waals surface area (Å²) in [5.41, 5.74) is 5.35. The predicted octanol–water partition coefficient (Wildman–Crippen LogP) is 1.57. The van der Waals surface area contributed by atoms with Crippen LogP contribution in [-0.4, -0.2) is 32.2 Å². The fourth-order valence-corrected chi connectivity index (χ4v) is 2.24. The lowest BCUT2D eigenvalue weighted by Gasteiger charge is -2.18. The Balaban J connectivity index is 4.02. The summed E-state index contributed by atoms with van der Waals surface area (Å²) in [5, 5.41) is 0. The summed E-state index contributed by atoms with van der Waals surface area (Å²) in [6.45, 7) is 6.41. The number of hydrogen-bond acceptors (Lipinski definition) is 5. The molecule has 5 nitrogen and oxygen atoms in total. The molecule has 0 aliphatic heterocycles. The van der Waals surface area contributed by atoms with Crippen molar-refractivity contribution in [3.8, 4) is 0 Å². The summed E-state index contributed by atoms with van der Waals surface area (Å²) < 4.78 is 27.1. The first-order valence-corrected chi connectivity index (χ1v) is 6.50. The van der Waals surface area contributed by atoms with Crippen LogP contribution in [0, 0.1) is 0 Å². The van der Waals surface area contributed by atoms with Crippen LogP contribution in [-0.2, 0) is 18.3 Å². The molecule has 14 heavy (non-hydrogen) atoms. The minimum absolute atomic E-state index is 0.0347. The largest absolute Gasteiger partial charge is 0.365 e. The molecule has 0 aromatic rings. The minimum Gasteiger partial charge on any atom is -0.365 e. The van der Waals surface area contributed by atoms with E-state index in [-0.39, 0.29) is 12.5 Å². The zero-order chi connectivity index (χ0) is 11.0. The van der Waals surface area contributed by atoms with E-state index in [1.54, 1.807) is 13.8 Å². The van der Waals surface area contributed by atoms with Gasteiger partial charge in [-0.25, -0.2) is 0 Å². The van der Waals surface area contributed by atoms with Crippen molar-refractivity contribution in [1.29, 1.82) is 0 Å². The summed E-state index contributed by atoms with van der Waals surface area (Å²) in [4.78, 5) is 0. The van der Waals surface area contributed by atoms with Gasteiger partial charge in [0.15, 0.2) is 0 Å². The maximum absolute atomic E-state index is 11.8. The van der Waals surface area contributed by atoms with Gasteiger partial charge in [-0.2, -0.15) is 0 Å². The molecule has 0 saturated carbocycles. The SMILES string of the molecule is CCOP(=O)(CO[C@H](C)CN)OCC. The van der Waals surface area contributed by atoms with Crippen molar-refractivity contribution in [2.24, 2.45) is 5.73 Å². The van der Waals surface area contributed by atoms with Crippen LogP contribution in [0.2, 0.25) is 0 Å². The highest BCUT2D eigenvalue weighted by Crippen LogP contribution is 2.47. The van der Waals surface area contributed by atoms with E-state index >= 15 is 0 Å². The summed E-state index contributed by atoms with van der Waals surface area (Å²) in [5.74, 6) is 0. The van der Waals surface area contributed by atoms with Crippen LogP contribution >= 0.6 is 7.60 Å². The number of hydrogen-bond donors (Lipinski definition) is 1. The third-order valence-corrected chi connectivity index (χ3v) is 3.27. The van der Waals surface area contributed by atoms with E-state index in [1.165, 1.54) is 0 Å². The first-order chi connectivity index (χ1) is 6.58. The van der Waals surface area contributed by atoms with E-state index in [4.69, 9.17) is 19.5 Å². The Labute approximate surface area is 85.4 Å². The van der Waals surface area contributed by atoms with Crippen LogP contribution in [0.4, 0.5) is 0 Å². The zero-order valence-electron chi connectivity index (χ0n) is 9.06. The lowest BCUT2D eigenvalue weighted by atomic mass is 10.4. The Morgan fingerprint density at radius 1 is 1.29 bits per heavy atom. The van der Waals surface area contributed by atoms with Crippen molar-refractivity contribution in [3.05, 3.63) is 0 Å². The van der Waals surface area contributed by atoms with Crippen LogP contribution in [0.25, 0.3) is 0 Å². The van der Waals surface area contributed by atoms with Crippen molar-refractivity contribution >= 4 is 7.60 Å². The van der Waals surface area contributed by atoms with E-state index in [2.05, 4.69) is 0 Å². The number of nitrogens with two attached hydrogens (primary N) is 1. The highest BCUT2D eigenvalue weighted by molar-refractivity contribution is 7.53. The zero-order valence-corrected chi connectivity index (χ0v) is 9.96. The molecule has 1 atom stereocenters. The second-order valence-electron chi connectivity index (χ2n) is 2.79. The van der Waals surface area contributed by atoms with Gasteiger partial charge < -0.3 is 19.5 Å². The van der Waals surface area contributed by atoms with Gasteiger partial charge in [-0.15, -0.1) is 0 Å². The lowest BCUT2D eigenvalue weighted by Crippen LogP contribution is -2.21. The molecular weight excluding hydrogens is 205 g/mol. The Morgan fingerprint density at radius 2 is 1.79 bits per heavy atom. The molecule has 0 aliphatic rings. The third kappa shape index (κ3) is 5.73. The molecule has 6 heteroatoms. The van der Waals surface area contributed by atoms with Gasteiger partial charge in [-0.1, -0.05) is 0 Å². The van der Waals surface area contributed by atoms with Crippen molar-refractivity contribution in [3.63, 3.8) is 0 Å². The van der Waals surface area contributed by atoms with Crippen LogP contribution < -0.4 is 5.73 Å². The second-order valence-corrected chi connectivity index (χ2v) is 4.78. The second kappa shape index (κ2) is 7.37. The highest BCUT2D eigenvalue weighted by atomic mass is 31.2. The van der Waals surface area contributed by atoms with Gasteiger partial charge in [0, 0.05) is 6.54 Å². The van der Waals surface area contributed by atoms with Crippen molar-refractivity contribution in [1.82, 2.24) is 0 Å². The number of ether oxygens (including phenoxy) is 1. The van der Waals surface area contributed by atoms with Gasteiger partial charge in [0.2, 0.25) is 0 Å². The molecule has 0 heterocycles. The first kappa shape index (κ1) is 14.1. The molecule has 0 rings (SSSR count). The molecule has 0 aromatic carbocycles. The fraction of sp³-hybridized carbons (Fsp3) is 1.00. The normalized spacial score (nSPS) is 14.3. The van der Waals surface area contributed by atoms with Crippen LogP contribution in [0.15, 0.2) is 0 Å². The van der Waals surface area contributed by atoms with E-state index in [0.29, 0.717) is 19.8 Å². The molecule has 0 radical (unpaired) electrons. The predicted molar refractivity (Wildman–Crippen MR) is 55.3 cm³/mol. The molecule has 0 aliphatic carbocycles. The Morgan fingerprint density at radius 3 is 2.14 bits per heavy atom. The fourth-order valence-electron chi connectivity index (χ4n) is 0.792. The summed E-state index contributed by atoms with van der Waals surface area (Å²) >= 11 is 0. The van der Waals surface area contributed by atoms with E-state index in [0.717, 1.165) is 0 Å². The van der Waals surface area contributed by atoms with E-state index in [1.807, 2.05) is 6.92 Å². The molecule has 0 saturated heterocycles. The molecule has 2 N–H and O–H groups in total. The maximum atomic E-state index is 11.8. The molecule has 0 unspecified atom stereocenters. The Bertz CT molecular complexity index is 178. The summed E-state index contributed by atoms with van der Waals surface area (Å²) in [6.07, 6.45) is -0.170. The van der Waals surface area contributed by atoms with Gasteiger partial charge >= 0.3 is 7.60 Å². The smallest absolute Gasteiger partial charge is 0.356 e. The van der Waals surface area contributed by atoms with Crippen molar-refractivity contribution < 1.29 is 18.3 Å². The topological polar surface area (TPSA) is 70.8 Å². The van der Waals surface area contributed by atoms with Gasteiger partial charge in [-0.05, 0) is 20.8 Å². The number of rotatable bonds is 8. The van der Waals surface area contributed by atoms with Gasteiger partial charge in [-0.3, -0.25) is 4.57 Å². The summed E-state index contributed by atoms with van der Waals surface area (Å²) in [7, 11) is -3.06. The van der Waals surface area contributed by atoms with Gasteiger partial charge in [0.25, 0.3) is 0 Å². The highest BCUT2D eigenvalue weighted by Gasteiger charge is 2.24. The lowest BCUT2D eigenvalue weighted by molar-refractivity contribution is 0.0828. The van der Waals surface area contributed by atoms with Crippen molar-refractivity contribution in [2.45, 2.75) is 26.9 Å². The standard InChI is InChI=1S/C8H20NO4P/c1-4-12-14(10,13-5-2)7-11-8(3)6-9/h8H,4-7,9H2,1-3H3/t8-/m1/s1. The molecular formula is C8H20NO4P.